The number of nitro groups is 1. The van der Waals surface area contributed by atoms with Crippen molar-refractivity contribution in [1.29, 1.82) is 0 Å². The number of hydrogen-bond acceptors (Lipinski definition) is 6. The van der Waals surface area contributed by atoms with E-state index in [4.69, 9.17) is 9.47 Å². The number of ketones is 1. The summed E-state index contributed by atoms with van der Waals surface area (Å²) in [4.78, 5) is 34.8. The van der Waals surface area contributed by atoms with Crippen LogP contribution in [0.25, 0.3) is 0 Å². The Bertz CT molecular complexity index is 880. The zero-order valence-corrected chi connectivity index (χ0v) is 16.0. The normalized spacial score (nSPS) is 12.0. The van der Waals surface area contributed by atoms with Crippen molar-refractivity contribution in [3.8, 4) is 0 Å². The summed E-state index contributed by atoms with van der Waals surface area (Å²) in [6.07, 6.45) is 1.21. The Kier molecular flexibility index (Phi) is 6.17. The van der Waals surface area contributed by atoms with Gasteiger partial charge in [-0.1, -0.05) is 0 Å². The number of carbonyl (C=O) groups excluding carboxylic acids is 2. The van der Waals surface area contributed by atoms with Crippen LogP contribution in [0.15, 0.2) is 18.3 Å². The number of methoxy groups -OCH3 is 1. The van der Waals surface area contributed by atoms with Gasteiger partial charge >= 0.3 is 5.97 Å². The lowest BCUT2D eigenvalue weighted by Gasteiger charge is -2.17. The highest BCUT2D eigenvalue weighted by Crippen LogP contribution is 2.21. The van der Waals surface area contributed by atoms with Crippen molar-refractivity contribution in [3.63, 3.8) is 0 Å². The summed E-state index contributed by atoms with van der Waals surface area (Å²) in [5, 5.41) is 10.8. The first-order chi connectivity index (χ1) is 12.7. The lowest BCUT2D eigenvalue weighted by Crippen LogP contribution is -2.18. The molecule has 0 saturated carbocycles. The number of aromatic nitrogens is 2. The molecule has 0 aliphatic rings. The molecule has 0 saturated heterocycles. The SMILES string of the molecule is COCC(C)n1c(C)cc(C(=O)COC(=O)c2cc([N+](=O)[O-])cn2C)c1C. The lowest BCUT2D eigenvalue weighted by atomic mass is 10.1. The van der Waals surface area contributed by atoms with Gasteiger partial charge < -0.3 is 18.6 Å². The van der Waals surface area contributed by atoms with E-state index in [9.17, 15) is 19.7 Å². The van der Waals surface area contributed by atoms with Crippen molar-refractivity contribution in [1.82, 2.24) is 9.13 Å². The first kappa shape index (κ1) is 20.4. The molecule has 0 bridgehead atoms. The van der Waals surface area contributed by atoms with Crippen LogP contribution >= 0.6 is 0 Å². The van der Waals surface area contributed by atoms with Crippen LogP contribution in [-0.2, 0) is 16.5 Å². The predicted molar refractivity (Wildman–Crippen MR) is 97.2 cm³/mol. The van der Waals surface area contributed by atoms with Crippen molar-refractivity contribution in [2.24, 2.45) is 7.05 Å². The Morgan fingerprint density at radius 3 is 2.52 bits per heavy atom. The summed E-state index contributed by atoms with van der Waals surface area (Å²) in [7, 11) is 3.11. The van der Waals surface area contributed by atoms with Gasteiger partial charge in [0.05, 0.1) is 23.8 Å². The van der Waals surface area contributed by atoms with E-state index >= 15 is 0 Å². The maximum atomic E-state index is 12.5. The molecule has 0 aromatic carbocycles. The Labute approximate surface area is 156 Å². The smallest absolute Gasteiger partial charge is 0.355 e. The minimum absolute atomic E-state index is 0.00805. The Balaban J connectivity index is 2.11. The minimum atomic E-state index is -0.791. The predicted octanol–water partition coefficient (Wildman–Crippen LogP) is 2.60. The highest BCUT2D eigenvalue weighted by atomic mass is 16.6. The summed E-state index contributed by atoms with van der Waals surface area (Å²) < 4.78 is 13.5. The summed E-state index contributed by atoms with van der Waals surface area (Å²) in [6, 6.07) is 2.93. The van der Waals surface area contributed by atoms with E-state index < -0.39 is 17.5 Å². The van der Waals surface area contributed by atoms with E-state index in [2.05, 4.69) is 0 Å². The molecule has 9 heteroatoms. The molecule has 1 atom stereocenters. The van der Waals surface area contributed by atoms with Crippen LogP contribution in [0.4, 0.5) is 5.69 Å². The van der Waals surface area contributed by atoms with Gasteiger partial charge in [-0.2, -0.15) is 0 Å². The molecule has 27 heavy (non-hydrogen) atoms. The number of carbonyl (C=O) groups is 2. The van der Waals surface area contributed by atoms with Crippen molar-refractivity contribution < 1.29 is 24.0 Å². The second kappa shape index (κ2) is 8.17. The first-order valence-electron chi connectivity index (χ1n) is 8.35. The van der Waals surface area contributed by atoms with Crippen LogP contribution in [0.2, 0.25) is 0 Å². The average molecular weight is 377 g/mol. The summed E-state index contributed by atoms with van der Waals surface area (Å²) in [6.45, 7) is 5.77. The van der Waals surface area contributed by atoms with Gasteiger partial charge in [-0.3, -0.25) is 14.9 Å². The molecule has 9 nitrogen and oxygen atoms in total. The van der Waals surface area contributed by atoms with Gasteiger partial charge in [-0.05, 0) is 26.8 Å². The van der Waals surface area contributed by atoms with Gasteiger partial charge in [0.25, 0.3) is 5.69 Å². The number of esters is 1. The van der Waals surface area contributed by atoms with Gasteiger partial charge in [-0.15, -0.1) is 0 Å². The highest BCUT2D eigenvalue weighted by Gasteiger charge is 2.22. The van der Waals surface area contributed by atoms with E-state index in [1.165, 1.54) is 17.8 Å². The van der Waals surface area contributed by atoms with Crippen molar-refractivity contribution >= 4 is 17.4 Å². The molecule has 0 amide bonds. The molecular weight excluding hydrogens is 354 g/mol. The fourth-order valence-electron chi connectivity index (χ4n) is 3.19. The fourth-order valence-corrected chi connectivity index (χ4v) is 3.19. The minimum Gasteiger partial charge on any atom is -0.453 e. The van der Waals surface area contributed by atoms with E-state index in [1.807, 2.05) is 25.3 Å². The molecule has 0 radical (unpaired) electrons. The lowest BCUT2D eigenvalue weighted by molar-refractivity contribution is -0.384. The second-order valence-corrected chi connectivity index (χ2v) is 6.41. The molecular formula is C18H23N3O6. The van der Waals surface area contributed by atoms with Crippen LogP contribution in [0.1, 0.15) is 45.2 Å². The van der Waals surface area contributed by atoms with Gasteiger partial charge in [0.15, 0.2) is 6.61 Å². The van der Waals surface area contributed by atoms with Crippen LogP contribution in [0.3, 0.4) is 0 Å². The molecule has 146 valence electrons. The van der Waals surface area contributed by atoms with Gasteiger partial charge in [-0.25, -0.2) is 4.79 Å². The summed E-state index contributed by atoms with van der Waals surface area (Å²) in [5.41, 5.74) is 1.94. The van der Waals surface area contributed by atoms with Crippen molar-refractivity contribution in [3.05, 3.63) is 51.1 Å². The third kappa shape index (κ3) is 4.25. The summed E-state index contributed by atoms with van der Waals surface area (Å²) in [5.74, 6) is -1.13. The van der Waals surface area contributed by atoms with Crippen molar-refractivity contribution in [2.45, 2.75) is 26.8 Å². The van der Waals surface area contributed by atoms with E-state index in [0.29, 0.717) is 12.2 Å². The standard InChI is InChI=1S/C18H23N3O6/c1-11-6-15(13(3)20(11)12(2)9-26-5)17(22)10-27-18(23)16-7-14(21(24)25)8-19(16)4/h6-8,12H,9-10H2,1-5H3. The fraction of sp³-hybridized carbons (Fsp3) is 0.444. The van der Waals surface area contributed by atoms with E-state index in [0.717, 1.165) is 17.5 Å². The van der Waals surface area contributed by atoms with Crippen LogP contribution in [0, 0.1) is 24.0 Å². The number of hydrogen-bond donors (Lipinski definition) is 0. The highest BCUT2D eigenvalue weighted by molar-refractivity contribution is 6.00. The zero-order chi connectivity index (χ0) is 20.3. The number of aryl methyl sites for hydroxylation is 2. The molecule has 0 spiro atoms. The average Bonchev–Trinajstić information content (AvgIpc) is 3.12. The number of rotatable bonds is 8. The molecule has 0 N–H and O–H groups in total. The largest absolute Gasteiger partial charge is 0.453 e. The van der Waals surface area contributed by atoms with E-state index in [1.54, 1.807) is 13.2 Å². The summed E-state index contributed by atoms with van der Waals surface area (Å²) >= 11 is 0. The molecule has 2 heterocycles. The van der Waals surface area contributed by atoms with Crippen LogP contribution < -0.4 is 0 Å². The van der Waals surface area contributed by atoms with E-state index in [-0.39, 0.29) is 23.2 Å². The quantitative estimate of drug-likeness (QED) is 0.303. The number of Topliss-reactive ketones (excluding diaryl/α,β-unsaturated/α-hetero) is 1. The molecule has 0 aliphatic carbocycles. The number of ether oxygens (including phenoxy) is 2. The van der Waals surface area contributed by atoms with Crippen LogP contribution in [0.5, 0.6) is 0 Å². The topological polar surface area (TPSA) is 106 Å². The molecule has 0 aliphatic heterocycles. The zero-order valence-electron chi connectivity index (χ0n) is 16.0. The molecule has 1 unspecified atom stereocenters. The Hall–Kier alpha value is -2.94. The first-order valence-corrected chi connectivity index (χ1v) is 8.35. The van der Waals surface area contributed by atoms with Gasteiger partial charge in [0.1, 0.15) is 5.69 Å². The number of nitrogens with zero attached hydrogens (tertiary/aromatic N) is 3. The third-order valence-electron chi connectivity index (χ3n) is 4.38. The third-order valence-corrected chi connectivity index (χ3v) is 4.38. The molecule has 2 aromatic rings. The Morgan fingerprint density at radius 1 is 1.30 bits per heavy atom. The molecule has 2 rings (SSSR count). The maximum Gasteiger partial charge on any atom is 0.355 e. The Morgan fingerprint density at radius 2 is 1.96 bits per heavy atom. The van der Waals surface area contributed by atoms with Gasteiger partial charge in [0.2, 0.25) is 5.78 Å². The molecule has 2 aromatic heterocycles. The van der Waals surface area contributed by atoms with Crippen LogP contribution in [-0.4, -0.2) is 46.1 Å². The van der Waals surface area contributed by atoms with Gasteiger partial charge in [0, 0.05) is 37.2 Å². The maximum absolute atomic E-state index is 12.5. The monoisotopic (exact) mass is 377 g/mol. The molecule has 0 fully saturated rings. The second-order valence-electron chi connectivity index (χ2n) is 6.41. The van der Waals surface area contributed by atoms with Crippen molar-refractivity contribution in [2.75, 3.05) is 20.3 Å².